The van der Waals surface area contributed by atoms with Gasteiger partial charge in [-0.2, -0.15) is 0 Å². The molecule has 0 aliphatic carbocycles. The Hall–Kier alpha value is -0.860. The summed E-state index contributed by atoms with van der Waals surface area (Å²) in [6.45, 7) is 13.1. The summed E-state index contributed by atoms with van der Waals surface area (Å²) in [6, 6.07) is 0. The maximum atomic E-state index is 12.3. The average molecular weight is 283 g/mol. The zero-order valence-corrected chi connectivity index (χ0v) is 14.2. The molecule has 0 aliphatic rings. The first-order chi connectivity index (χ1) is 9.29. The SMILES string of the molecule is CCC(C)CNC(=O)[C@H](C(=O)CCCC(C)C)C(C)C. The largest absolute Gasteiger partial charge is 0.355 e. The van der Waals surface area contributed by atoms with Crippen LogP contribution >= 0.6 is 0 Å². The number of rotatable bonds is 10. The Balaban J connectivity index is 4.39. The first-order valence-electron chi connectivity index (χ1n) is 8.09. The third kappa shape index (κ3) is 7.66. The molecule has 0 rings (SSSR count). The first kappa shape index (κ1) is 19.1. The molecule has 0 aliphatic heterocycles. The number of Topliss-reactive ketones (excluding diaryl/α,β-unsaturated/α-hetero) is 1. The zero-order chi connectivity index (χ0) is 15.7. The highest BCUT2D eigenvalue weighted by Crippen LogP contribution is 2.17. The van der Waals surface area contributed by atoms with Crippen LogP contribution in [0.25, 0.3) is 0 Å². The van der Waals surface area contributed by atoms with E-state index < -0.39 is 5.92 Å². The highest BCUT2D eigenvalue weighted by molar-refractivity contribution is 6.01. The van der Waals surface area contributed by atoms with E-state index in [0.717, 1.165) is 19.3 Å². The minimum absolute atomic E-state index is 0.0680. The Labute approximate surface area is 124 Å². The molecule has 0 heterocycles. The molecule has 3 heteroatoms. The first-order valence-corrected chi connectivity index (χ1v) is 8.09. The number of hydrogen-bond acceptors (Lipinski definition) is 2. The second kappa shape index (κ2) is 9.95. The van der Waals surface area contributed by atoms with Crippen LogP contribution in [0.2, 0.25) is 0 Å². The average Bonchev–Trinajstić information content (AvgIpc) is 2.35. The van der Waals surface area contributed by atoms with Crippen LogP contribution in [0.15, 0.2) is 0 Å². The van der Waals surface area contributed by atoms with E-state index in [1.165, 1.54) is 0 Å². The second-order valence-corrected chi connectivity index (χ2v) is 6.73. The van der Waals surface area contributed by atoms with Crippen LogP contribution in [0.4, 0.5) is 0 Å². The number of carbonyl (C=O) groups excluding carboxylic acids is 2. The lowest BCUT2D eigenvalue weighted by Gasteiger charge is -2.20. The smallest absolute Gasteiger partial charge is 0.230 e. The molecule has 0 aromatic heterocycles. The maximum Gasteiger partial charge on any atom is 0.230 e. The standard InChI is InChI=1S/C17H33NO2/c1-7-14(6)11-18-17(20)16(13(4)5)15(19)10-8-9-12(2)3/h12-14,16H,7-11H2,1-6H3,(H,18,20)/t14?,16-/m0/s1. The Kier molecular flexibility index (Phi) is 9.52. The van der Waals surface area contributed by atoms with E-state index in [9.17, 15) is 9.59 Å². The molecule has 0 radical (unpaired) electrons. The highest BCUT2D eigenvalue weighted by Gasteiger charge is 2.29. The van der Waals surface area contributed by atoms with Crippen molar-refractivity contribution >= 4 is 11.7 Å². The third-order valence-electron chi connectivity index (χ3n) is 3.82. The van der Waals surface area contributed by atoms with Crippen LogP contribution in [0.3, 0.4) is 0 Å². The molecule has 0 bridgehead atoms. The van der Waals surface area contributed by atoms with E-state index in [-0.39, 0.29) is 17.6 Å². The Morgan fingerprint density at radius 1 is 1.05 bits per heavy atom. The summed E-state index contributed by atoms with van der Waals surface area (Å²) in [5.74, 6) is 0.671. The summed E-state index contributed by atoms with van der Waals surface area (Å²) >= 11 is 0. The monoisotopic (exact) mass is 283 g/mol. The van der Waals surface area contributed by atoms with Gasteiger partial charge in [-0.1, -0.05) is 54.4 Å². The molecule has 20 heavy (non-hydrogen) atoms. The van der Waals surface area contributed by atoms with Crippen molar-refractivity contribution in [2.24, 2.45) is 23.7 Å². The van der Waals surface area contributed by atoms with Gasteiger partial charge in [0.25, 0.3) is 0 Å². The van der Waals surface area contributed by atoms with Crippen LogP contribution in [-0.4, -0.2) is 18.2 Å². The van der Waals surface area contributed by atoms with Crippen molar-refractivity contribution in [2.75, 3.05) is 6.54 Å². The van der Waals surface area contributed by atoms with Crippen LogP contribution < -0.4 is 5.32 Å². The van der Waals surface area contributed by atoms with E-state index in [1.807, 2.05) is 13.8 Å². The zero-order valence-electron chi connectivity index (χ0n) is 14.2. The summed E-state index contributed by atoms with van der Waals surface area (Å²) in [6.07, 6.45) is 3.50. The molecule has 1 unspecified atom stereocenters. The van der Waals surface area contributed by atoms with Crippen LogP contribution in [0, 0.1) is 23.7 Å². The molecule has 0 saturated heterocycles. The van der Waals surface area contributed by atoms with E-state index in [2.05, 4.69) is 33.0 Å². The topological polar surface area (TPSA) is 46.2 Å². The van der Waals surface area contributed by atoms with E-state index >= 15 is 0 Å². The number of nitrogens with one attached hydrogen (secondary N) is 1. The van der Waals surface area contributed by atoms with Gasteiger partial charge in [-0.15, -0.1) is 0 Å². The minimum atomic E-state index is -0.480. The Bertz CT molecular complexity index is 297. The highest BCUT2D eigenvalue weighted by atomic mass is 16.2. The fraction of sp³-hybridized carbons (Fsp3) is 0.882. The number of amides is 1. The number of ketones is 1. The number of carbonyl (C=O) groups is 2. The van der Waals surface area contributed by atoms with E-state index in [0.29, 0.717) is 24.8 Å². The third-order valence-corrected chi connectivity index (χ3v) is 3.82. The fourth-order valence-corrected chi connectivity index (χ4v) is 2.19. The molecular formula is C17H33NO2. The molecule has 0 spiro atoms. The molecule has 0 fully saturated rings. The molecular weight excluding hydrogens is 250 g/mol. The predicted octanol–water partition coefficient (Wildman–Crippen LogP) is 3.82. The van der Waals surface area contributed by atoms with Crippen LogP contribution in [-0.2, 0) is 9.59 Å². The molecule has 3 nitrogen and oxygen atoms in total. The Morgan fingerprint density at radius 3 is 2.10 bits per heavy atom. The van der Waals surface area contributed by atoms with Gasteiger partial charge >= 0.3 is 0 Å². The van der Waals surface area contributed by atoms with Gasteiger partial charge in [0.15, 0.2) is 0 Å². The minimum Gasteiger partial charge on any atom is -0.355 e. The lowest BCUT2D eigenvalue weighted by Crippen LogP contribution is -2.40. The van der Waals surface area contributed by atoms with Crippen molar-refractivity contribution < 1.29 is 9.59 Å². The van der Waals surface area contributed by atoms with Gasteiger partial charge in [-0.05, 0) is 24.2 Å². The van der Waals surface area contributed by atoms with Gasteiger partial charge < -0.3 is 5.32 Å². The summed E-state index contributed by atoms with van der Waals surface area (Å²) in [5.41, 5.74) is 0. The molecule has 1 N–H and O–H groups in total. The van der Waals surface area contributed by atoms with Crippen molar-refractivity contribution in [3.05, 3.63) is 0 Å². The second-order valence-electron chi connectivity index (χ2n) is 6.73. The lowest BCUT2D eigenvalue weighted by molar-refractivity contribution is -0.136. The van der Waals surface area contributed by atoms with Gasteiger partial charge in [0.05, 0.1) is 5.92 Å². The van der Waals surface area contributed by atoms with E-state index in [1.54, 1.807) is 0 Å². The van der Waals surface area contributed by atoms with Crippen molar-refractivity contribution in [1.29, 1.82) is 0 Å². The molecule has 0 aromatic carbocycles. The van der Waals surface area contributed by atoms with E-state index in [4.69, 9.17) is 0 Å². The van der Waals surface area contributed by atoms with Gasteiger partial charge in [0.1, 0.15) is 5.78 Å². The normalized spacial score (nSPS) is 14.4. The maximum absolute atomic E-state index is 12.3. The summed E-state index contributed by atoms with van der Waals surface area (Å²) in [5, 5.41) is 2.94. The quantitative estimate of drug-likeness (QED) is 0.620. The lowest BCUT2D eigenvalue weighted by atomic mass is 9.87. The summed E-state index contributed by atoms with van der Waals surface area (Å²) < 4.78 is 0. The van der Waals surface area contributed by atoms with Gasteiger partial charge in [0.2, 0.25) is 5.91 Å². The van der Waals surface area contributed by atoms with Crippen molar-refractivity contribution in [1.82, 2.24) is 5.32 Å². The van der Waals surface area contributed by atoms with Crippen LogP contribution in [0.5, 0.6) is 0 Å². The fourth-order valence-electron chi connectivity index (χ4n) is 2.19. The van der Waals surface area contributed by atoms with Crippen LogP contribution in [0.1, 0.15) is 67.2 Å². The summed E-state index contributed by atoms with van der Waals surface area (Å²) in [7, 11) is 0. The van der Waals surface area contributed by atoms with Gasteiger partial charge in [-0.3, -0.25) is 9.59 Å². The molecule has 1 amide bonds. The van der Waals surface area contributed by atoms with Gasteiger partial charge in [0, 0.05) is 13.0 Å². The molecule has 0 saturated carbocycles. The Morgan fingerprint density at radius 2 is 1.65 bits per heavy atom. The van der Waals surface area contributed by atoms with Crippen molar-refractivity contribution in [3.63, 3.8) is 0 Å². The summed E-state index contributed by atoms with van der Waals surface area (Å²) in [4.78, 5) is 24.5. The molecule has 0 aromatic rings. The van der Waals surface area contributed by atoms with Gasteiger partial charge in [-0.25, -0.2) is 0 Å². The number of hydrogen-bond donors (Lipinski definition) is 1. The van der Waals surface area contributed by atoms with Crippen molar-refractivity contribution in [2.45, 2.75) is 67.2 Å². The predicted molar refractivity (Wildman–Crippen MR) is 84.5 cm³/mol. The van der Waals surface area contributed by atoms with Crippen molar-refractivity contribution in [3.8, 4) is 0 Å². The molecule has 2 atom stereocenters. The molecule has 118 valence electrons.